The van der Waals surface area contributed by atoms with E-state index in [1.54, 1.807) is 6.07 Å². The fraction of sp³-hybridized carbons (Fsp3) is 0.0714. The molecule has 2 aromatic carbocycles. The Hall–Kier alpha value is -2.41. The summed E-state index contributed by atoms with van der Waals surface area (Å²) in [7, 11) is -3.51. The van der Waals surface area contributed by atoms with Crippen molar-refractivity contribution in [2.75, 3.05) is 17.3 Å². The van der Waals surface area contributed by atoms with Crippen LogP contribution in [0.5, 0.6) is 0 Å². The predicted octanol–water partition coefficient (Wildman–Crippen LogP) is 2.06. The third kappa shape index (κ3) is 3.38. The number of benzene rings is 2. The van der Waals surface area contributed by atoms with E-state index in [2.05, 4.69) is 5.32 Å². The zero-order valence-electron chi connectivity index (χ0n) is 11.1. The van der Waals surface area contributed by atoms with Crippen LogP contribution < -0.4 is 11.1 Å². The first kappa shape index (κ1) is 15.0. The zero-order chi connectivity index (χ0) is 15.6. The van der Waals surface area contributed by atoms with E-state index in [0.29, 0.717) is 0 Å². The fourth-order valence-corrected chi connectivity index (χ4v) is 2.64. The first-order chi connectivity index (χ1) is 9.79. The minimum atomic E-state index is -3.51. The van der Waals surface area contributed by atoms with Crippen LogP contribution in [0.15, 0.2) is 47.4 Å². The Morgan fingerprint density at radius 1 is 1.19 bits per heavy atom. The van der Waals surface area contributed by atoms with Crippen LogP contribution in [0.2, 0.25) is 0 Å². The summed E-state index contributed by atoms with van der Waals surface area (Å²) in [5, 5.41) is 2.39. The molecule has 0 spiro atoms. The number of amides is 1. The van der Waals surface area contributed by atoms with Gasteiger partial charge in [-0.1, -0.05) is 12.1 Å². The van der Waals surface area contributed by atoms with Crippen molar-refractivity contribution in [2.45, 2.75) is 4.90 Å². The van der Waals surface area contributed by atoms with Crippen LogP contribution in [0.1, 0.15) is 10.4 Å². The number of nitrogens with one attached hydrogen (secondary N) is 1. The molecule has 0 saturated heterocycles. The van der Waals surface area contributed by atoms with Crippen LogP contribution in [0.3, 0.4) is 0 Å². The van der Waals surface area contributed by atoms with Gasteiger partial charge in [0.15, 0.2) is 9.84 Å². The maximum Gasteiger partial charge on any atom is 0.258 e. The Kier molecular flexibility index (Phi) is 3.95. The summed E-state index contributed by atoms with van der Waals surface area (Å²) in [5.74, 6) is -1.51. The molecule has 0 aliphatic heterocycles. The van der Waals surface area contributed by atoms with E-state index < -0.39 is 21.6 Å². The number of halogens is 1. The number of nitrogens with two attached hydrogens (primary N) is 1. The quantitative estimate of drug-likeness (QED) is 0.849. The second-order valence-electron chi connectivity index (χ2n) is 4.46. The molecule has 7 heteroatoms. The first-order valence-corrected chi connectivity index (χ1v) is 7.83. The number of nitrogen functional groups attached to an aromatic ring is 1. The van der Waals surface area contributed by atoms with E-state index in [1.165, 1.54) is 30.3 Å². The normalized spacial score (nSPS) is 11.1. The highest BCUT2D eigenvalue weighted by Crippen LogP contribution is 2.22. The molecule has 0 bridgehead atoms. The van der Waals surface area contributed by atoms with Crippen molar-refractivity contribution in [2.24, 2.45) is 0 Å². The number of para-hydroxylation sites is 1. The van der Waals surface area contributed by atoms with Gasteiger partial charge in [0.25, 0.3) is 5.91 Å². The van der Waals surface area contributed by atoms with E-state index in [0.717, 1.165) is 12.3 Å². The standard InChI is InChI=1S/C14H13FN2O3S/c1-21(19,20)13-5-3-2-4-12(13)17-14(18)10-8-9(16)6-7-11(10)15/h2-8H,16H2,1H3,(H,17,18). The summed E-state index contributed by atoms with van der Waals surface area (Å²) in [5.41, 5.74) is 5.59. The molecule has 110 valence electrons. The van der Waals surface area contributed by atoms with Gasteiger partial charge in [-0.2, -0.15) is 0 Å². The predicted molar refractivity (Wildman–Crippen MR) is 78.3 cm³/mol. The van der Waals surface area contributed by atoms with Crippen LogP contribution in [-0.4, -0.2) is 20.6 Å². The molecule has 0 saturated carbocycles. The maximum absolute atomic E-state index is 13.6. The van der Waals surface area contributed by atoms with Crippen molar-refractivity contribution in [3.05, 3.63) is 53.8 Å². The Bertz CT molecular complexity index is 804. The average molecular weight is 308 g/mol. The lowest BCUT2D eigenvalue weighted by atomic mass is 10.1. The number of rotatable bonds is 3. The van der Waals surface area contributed by atoms with E-state index in [4.69, 9.17) is 5.73 Å². The highest BCUT2D eigenvalue weighted by atomic mass is 32.2. The van der Waals surface area contributed by atoms with Crippen LogP contribution in [0, 0.1) is 5.82 Å². The van der Waals surface area contributed by atoms with E-state index in [9.17, 15) is 17.6 Å². The highest BCUT2D eigenvalue weighted by molar-refractivity contribution is 7.90. The lowest BCUT2D eigenvalue weighted by Gasteiger charge is -2.10. The molecule has 0 aliphatic rings. The molecular weight excluding hydrogens is 295 g/mol. The molecule has 0 fully saturated rings. The van der Waals surface area contributed by atoms with Gasteiger partial charge in [-0.15, -0.1) is 0 Å². The van der Waals surface area contributed by atoms with Gasteiger partial charge in [0, 0.05) is 11.9 Å². The summed E-state index contributed by atoms with van der Waals surface area (Å²) >= 11 is 0. The molecular formula is C14H13FN2O3S. The molecule has 3 N–H and O–H groups in total. The topological polar surface area (TPSA) is 89.3 Å². The second kappa shape index (κ2) is 5.53. The minimum Gasteiger partial charge on any atom is -0.399 e. The number of carbonyl (C=O) groups is 1. The Balaban J connectivity index is 2.39. The average Bonchev–Trinajstić information content (AvgIpc) is 2.41. The van der Waals surface area contributed by atoms with Gasteiger partial charge in [-0.3, -0.25) is 4.79 Å². The minimum absolute atomic E-state index is 0.0392. The summed E-state index contributed by atoms with van der Waals surface area (Å²) in [6.07, 6.45) is 1.03. The molecule has 21 heavy (non-hydrogen) atoms. The number of hydrogen-bond acceptors (Lipinski definition) is 4. The Labute approximate surface area is 121 Å². The third-order valence-corrected chi connectivity index (χ3v) is 3.92. The maximum atomic E-state index is 13.6. The summed E-state index contributed by atoms with van der Waals surface area (Å²) in [6.45, 7) is 0. The van der Waals surface area contributed by atoms with Crippen molar-refractivity contribution < 1.29 is 17.6 Å². The van der Waals surface area contributed by atoms with E-state index in [1.807, 2.05) is 0 Å². The molecule has 2 aromatic rings. The van der Waals surface area contributed by atoms with Crippen molar-refractivity contribution in [3.8, 4) is 0 Å². The highest BCUT2D eigenvalue weighted by Gasteiger charge is 2.17. The second-order valence-corrected chi connectivity index (χ2v) is 6.45. The van der Waals surface area contributed by atoms with Crippen molar-refractivity contribution >= 4 is 27.1 Å². The molecule has 1 amide bonds. The van der Waals surface area contributed by atoms with Gasteiger partial charge in [0.1, 0.15) is 5.82 Å². The van der Waals surface area contributed by atoms with Gasteiger partial charge in [0.2, 0.25) is 0 Å². The van der Waals surface area contributed by atoms with Crippen LogP contribution in [0.25, 0.3) is 0 Å². The fourth-order valence-electron chi connectivity index (χ4n) is 1.80. The number of sulfone groups is 1. The largest absolute Gasteiger partial charge is 0.399 e. The Morgan fingerprint density at radius 2 is 1.86 bits per heavy atom. The van der Waals surface area contributed by atoms with Crippen molar-refractivity contribution in [1.29, 1.82) is 0 Å². The van der Waals surface area contributed by atoms with Crippen LogP contribution >= 0.6 is 0 Å². The molecule has 0 unspecified atom stereocenters. The van der Waals surface area contributed by atoms with Gasteiger partial charge in [-0.25, -0.2) is 12.8 Å². The van der Waals surface area contributed by atoms with E-state index >= 15 is 0 Å². The molecule has 0 atom stereocenters. The van der Waals surface area contributed by atoms with Gasteiger partial charge >= 0.3 is 0 Å². The van der Waals surface area contributed by atoms with Crippen molar-refractivity contribution in [3.63, 3.8) is 0 Å². The lowest BCUT2D eigenvalue weighted by molar-refractivity contribution is 0.102. The van der Waals surface area contributed by atoms with Gasteiger partial charge in [-0.05, 0) is 30.3 Å². The monoisotopic (exact) mass is 308 g/mol. The summed E-state index contributed by atoms with van der Waals surface area (Å²) < 4.78 is 36.9. The van der Waals surface area contributed by atoms with Gasteiger partial charge < -0.3 is 11.1 Å². The smallest absolute Gasteiger partial charge is 0.258 e. The molecule has 5 nitrogen and oxygen atoms in total. The number of carbonyl (C=O) groups excluding carboxylic acids is 1. The SMILES string of the molecule is CS(=O)(=O)c1ccccc1NC(=O)c1cc(N)ccc1F. The summed E-state index contributed by atoms with van der Waals surface area (Å²) in [6, 6.07) is 9.49. The van der Waals surface area contributed by atoms with E-state index in [-0.39, 0.29) is 21.8 Å². The number of hydrogen-bond donors (Lipinski definition) is 2. The molecule has 0 radical (unpaired) electrons. The van der Waals surface area contributed by atoms with Crippen molar-refractivity contribution in [1.82, 2.24) is 0 Å². The third-order valence-electron chi connectivity index (χ3n) is 2.77. The first-order valence-electron chi connectivity index (χ1n) is 5.94. The Morgan fingerprint density at radius 3 is 2.52 bits per heavy atom. The van der Waals surface area contributed by atoms with Crippen LogP contribution in [0.4, 0.5) is 15.8 Å². The zero-order valence-corrected chi connectivity index (χ0v) is 11.9. The molecule has 0 aromatic heterocycles. The summed E-state index contributed by atoms with van der Waals surface area (Å²) in [4.78, 5) is 12.0. The molecule has 2 rings (SSSR count). The number of anilines is 2. The molecule has 0 aliphatic carbocycles. The van der Waals surface area contributed by atoms with Gasteiger partial charge in [0.05, 0.1) is 16.1 Å². The molecule has 0 heterocycles. The van der Waals surface area contributed by atoms with Crippen LogP contribution in [-0.2, 0) is 9.84 Å². The lowest BCUT2D eigenvalue weighted by Crippen LogP contribution is -2.16.